The minimum absolute atomic E-state index is 0.0828. The fraction of sp³-hybridized carbons (Fsp3) is 0.0870. The highest BCUT2D eigenvalue weighted by Crippen LogP contribution is 2.20. The number of aromatic nitrogens is 1. The van der Waals surface area contributed by atoms with Crippen molar-refractivity contribution in [3.8, 4) is 5.75 Å². The first-order valence-corrected chi connectivity index (χ1v) is 8.51. The summed E-state index contributed by atoms with van der Waals surface area (Å²) < 4.78 is 7.26. The van der Waals surface area contributed by atoms with E-state index >= 15 is 0 Å². The van der Waals surface area contributed by atoms with Crippen molar-refractivity contribution in [1.29, 1.82) is 0 Å². The van der Waals surface area contributed by atoms with Crippen LogP contribution in [0.5, 0.6) is 5.75 Å². The predicted molar refractivity (Wildman–Crippen MR) is 109 cm³/mol. The van der Waals surface area contributed by atoms with E-state index in [9.17, 15) is 4.79 Å². The quantitative estimate of drug-likeness (QED) is 0.393. The number of pyridine rings is 1. The van der Waals surface area contributed by atoms with E-state index in [4.69, 9.17) is 4.74 Å². The van der Waals surface area contributed by atoms with Crippen molar-refractivity contribution in [1.82, 2.24) is 4.57 Å². The molecule has 4 aromatic rings. The molecule has 3 nitrogen and oxygen atoms in total. The Balaban J connectivity index is 1.79. The average Bonchev–Trinajstić information content (AvgIpc) is 2.70. The van der Waals surface area contributed by atoms with Gasteiger partial charge in [0.05, 0.1) is 18.1 Å². The van der Waals surface area contributed by atoms with Crippen molar-refractivity contribution in [2.75, 3.05) is 7.11 Å². The van der Waals surface area contributed by atoms with Gasteiger partial charge in [0, 0.05) is 17.8 Å². The Bertz CT molecular complexity index is 1180. The molecule has 0 N–H and O–H groups in total. The van der Waals surface area contributed by atoms with Crippen LogP contribution in [0.15, 0.2) is 71.5 Å². The second kappa shape index (κ2) is 6.52. The number of benzene rings is 3. The highest BCUT2D eigenvalue weighted by molar-refractivity contribution is 5.94. The molecule has 0 saturated carbocycles. The minimum atomic E-state index is 0.0828. The van der Waals surface area contributed by atoms with Gasteiger partial charge in [-0.1, -0.05) is 42.5 Å². The molecule has 0 atom stereocenters. The molecule has 4 rings (SSSR count). The van der Waals surface area contributed by atoms with Crippen LogP contribution in [-0.4, -0.2) is 11.7 Å². The third kappa shape index (κ3) is 2.78. The maximum atomic E-state index is 12.7. The van der Waals surface area contributed by atoms with Crippen LogP contribution in [0.3, 0.4) is 0 Å². The van der Waals surface area contributed by atoms with Crippen LogP contribution in [0.2, 0.25) is 0 Å². The van der Waals surface area contributed by atoms with Gasteiger partial charge in [0.2, 0.25) is 0 Å². The molecule has 3 heteroatoms. The molecule has 128 valence electrons. The molecule has 0 radical (unpaired) electrons. The third-order valence-corrected chi connectivity index (χ3v) is 4.72. The summed E-state index contributed by atoms with van der Waals surface area (Å²) >= 11 is 0. The van der Waals surface area contributed by atoms with Crippen molar-refractivity contribution in [3.63, 3.8) is 0 Å². The molecule has 0 aliphatic rings. The van der Waals surface area contributed by atoms with Crippen LogP contribution < -0.4 is 10.2 Å². The Labute approximate surface area is 151 Å². The number of para-hydroxylation sites is 1. The van der Waals surface area contributed by atoms with E-state index in [1.165, 1.54) is 0 Å². The summed E-state index contributed by atoms with van der Waals surface area (Å²) in [5.41, 5.74) is 4.11. The van der Waals surface area contributed by atoms with Crippen LogP contribution in [0, 0.1) is 0 Å². The normalized spacial score (nSPS) is 11.5. The first kappa shape index (κ1) is 16.2. The first-order chi connectivity index (χ1) is 12.7. The summed E-state index contributed by atoms with van der Waals surface area (Å²) in [6.07, 6.45) is 4.11. The fourth-order valence-corrected chi connectivity index (χ4v) is 3.26. The summed E-state index contributed by atoms with van der Waals surface area (Å²) in [7, 11) is 3.66. The van der Waals surface area contributed by atoms with Gasteiger partial charge >= 0.3 is 0 Å². The zero-order valence-corrected chi connectivity index (χ0v) is 14.8. The number of hydrogen-bond donors (Lipinski definition) is 0. The Kier molecular flexibility index (Phi) is 4.05. The number of rotatable bonds is 3. The van der Waals surface area contributed by atoms with Gasteiger partial charge in [0.25, 0.3) is 0 Å². The summed E-state index contributed by atoms with van der Waals surface area (Å²) in [5, 5.41) is 1.50. The molecule has 0 saturated heterocycles. The van der Waals surface area contributed by atoms with E-state index in [0.29, 0.717) is 0 Å². The number of fused-ring (bicyclic) bond motifs is 2. The average molecular weight is 341 g/mol. The lowest BCUT2D eigenvalue weighted by molar-refractivity contribution is 0.415. The van der Waals surface area contributed by atoms with Crippen molar-refractivity contribution < 1.29 is 4.74 Å². The van der Waals surface area contributed by atoms with E-state index in [1.54, 1.807) is 7.11 Å². The van der Waals surface area contributed by atoms with Crippen molar-refractivity contribution in [2.45, 2.75) is 0 Å². The standard InChI is InChI=1S/C23H19NO2/c1-24-21-6-4-3-5-19(21)23(25)20-14-11-17(15-22(20)24)8-7-16-9-12-18(26-2)13-10-16/h3-15H,1-2H3/b8-7+. The van der Waals surface area contributed by atoms with E-state index < -0.39 is 0 Å². The number of aryl methyl sites for hydroxylation is 1. The first-order valence-electron chi connectivity index (χ1n) is 8.51. The van der Waals surface area contributed by atoms with E-state index in [2.05, 4.69) is 22.8 Å². The molecule has 1 aromatic heterocycles. The van der Waals surface area contributed by atoms with Gasteiger partial charge in [-0.25, -0.2) is 0 Å². The molecule has 0 amide bonds. The van der Waals surface area contributed by atoms with Crippen LogP contribution in [-0.2, 0) is 7.05 Å². The largest absolute Gasteiger partial charge is 0.497 e. The van der Waals surface area contributed by atoms with Crippen molar-refractivity contribution in [2.24, 2.45) is 7.05 Å². The van der Waals surface area contributed by atoms with E-state index in [1.807, 2.05) is 67.7 Å². The van der Waals surface area contributed by atoms with E-state index in [0.717, 1.165) is 38.7 Å². The Morgan fingerprint density at radius 1 is 0.808 bits per heavy atom. The van der Waals surface area contributed by atoms with Crippen LogP contribution >= 0.6 is 0 Å². The molecular weight excluding hydrogens is 322 g/mol. The maximum absolute atomic E-state index is 12.7. The number of methoxy groups -OCH3 is 1. The van der Waals surface area contributed by atoms with Gasteiger partial charge in [-0.2, -0.15) is 0 Å². The van der Waals surface area contributed by atoms with E-state index in [-0.39, 0.29) is 5.43 Å². The molecule has 0 fully saturated rings. The second-order valence-corrected chi connectivity index (χ2v) is 6.29. The Hall–Kier alpha value is -3.33. The topological polar surface area (TPSA) is 31.2 Å². The number of hydrogen-bond acceptors (Lipinski definition) is 2. The van der Waals surface area contributed by atoms with Crippen LogP contribution in [0.1, 0.15) is 11.1 Å². The summed E-state index contributed by atoms with van der Waals surface area (Å²) in [5.74, 6) is 0.842. The predicted octanol–water partition coefficient (Wildman–Crippen LogP) is 4.87. The van der Waals surface area contributed by atoms with Gasteiger partial charge < -0.3 is 9.30 Å². The van der Waals surface area contributed by atoms with Crippen molar-refractivity contribution >= 4 is 34.0 Å². The van der Waals surface area contributed by atoms with Crippen LogP contribution in [0.4, 0.5) is 0 Å². The molecule has 0 spiro atoms. The van der Waals surface area contributed by atoms with Crippen LogP contribution in [0.25, 0.3) is 34.0 Å². The van der Waals surface area contributed by atoms with Gasteiger partial charge in [-0.05, 0) is 47.5 Å². The molecule has 0 aliphatic carbocycles. The summed E-state index contributed by atoms with van der Waals surface area (Å²) in [6.45, 7) is 0. The summed E-state index contributed by atoms with van der Waals surface area (Å²) in [4.78, 5) is 12.7. The molecule has 1 heterocycles. The highest BCUT2D eigenvalue weighted by atomic mass is 16.5. The summed E-state index contributed by atoms with van der Waals surface area (Å²) in [6, 6.07) is 21.6. The monoisotopic (exact) mass is 341 g/mol. The van der Waals surface area contributed by atoms with Gasteiger partial charge in [-0.15, -0.1) is 0 Å². The molecule has 3 aromatic carbocycles. The molecular formula is C23H19NO2. The Morgan fingerprint density at radius 2 is 1.46 bits per heavy atom. The molecule has 0 unspecified atom stereocenters. The lowest BCUT2D eigenvalue weighted by Gasteiger charge is -2.10. The lowest BCUT2D eigenvalue weighted by Crippen LogP contribution is -2.08. The SMILES string of the molecule is COc1ccc(/C=C/c2ccc3c(=O)c4ccccc4n(C)c3c2)cc1. The van der Waals surface area contributed by atoms with Gasteiger partial charge in [-0.3, -0.25) is 4.79 Å². The molecule has 0 bridgehead atoms. The molecule has 26 heavy (non-hydrogen) atoms. The smallest absolute Gasteiger partial charge is 0.197 e. The zero-order valence-electron chi connectivity index (χ0n) is 14.8. The third-order valence-electron chi connectivity index (χ3n) is 4.72. The zero-order chi connectivity index (χ0) is 18.1. The van der Waals surface area contributed by atoms with Gasteiger partial charge in [0.1, 0.15) is 5.75 Å². The molecule has 0 aliphatic heterocycles. The maximum Gasteiger partial charge on any atom is 0.197 e. The minimum Gasteiger partial charge on any atom is -0.497 e. The fourth-order valence-electron chi connectivity index (χ4n) is 3.26. The Morgan fingerprint density at radius 3 is 2.23 bits per heavy atom. The number of ether oxygens (including phenoxy) is 1. The highest BCUT2D eigenvalue weighted by Gasteiger charge is 2.08. The second-order valence-electron chi connectivity index (χ2n) is 6.29. The van der Waals surface area contributed by atoms with Gasteiger partial charge in [0.15, 0.2) is 5.43 Å². The van der Waals surface area contributed by atoms with Crippen molar-refractivity contribution in [3.05, 3.63) is 88.1 Å². The lowest BCUT2D eigenvalue weighted by atomic mass is 10.1. The number of nitrogens with zero attached hydrogens (tertiary/aromatic N) is 1.